The number of carbonyl (C=O) groups is 1. The van der Waals surface area contributed by atoms with E-state index in [1.165, 1.54) is 12.1 Å². The third-order valence-corrected chi connectivity index (χ3v) is 5.86. The maximum Gasteiger partial charge on any atom is 0.239 e. The van der Waals surface area contributed by atoms with Crippen molar-refractivity contribution in [1.82, 2.24) is 20.0 Å². The van der Waals surface area contributed by atoms with E-state index < -0.39 is 11.6 Å². The lowest BCUT2D eigenvalue weighted by atomic mass is 10.1. The fraction of sp³-hybridized carbons (Fsp3) is 0.636. The number of hydrogen-bond acceptors (Lipinski definition) is 3. The number of guanidine groups is 1. The van der Waals surface area contributed by atoms with Crippen molar-refractivity contribution in [2.75, 3.05) is 52.4 Å². The number of rotatable bonds is 6. The fourth-order valence-electron chi connectivity index (χ4n) is 4.15. The maximum atomic E-state index is 13.4. The van der Waals surface area contributed by atoms with Gasteiger partial charge in [-0.05, 0) is 50.8 Å². The van der Waals surface area contributed by atoms with E-state index in [-0.39, 0.29) is 35.9 Å². The van der Waals surface area contributed by atoms with Crippen molar-refractivity contribution in [3.8, 4) is 0 Å². The zero-order valence-electron chi connectivity index (χ0n) is 18.4. The molecule has 2 aliphatic rings. The molecule has 1 N–H and O–H groups in total. The van der Waals surface area contributed by atoms with Crippen LogP contribution in [0.2, 0.25) is 0 Å². The van der Waals surface area contributed by atoms with Gasteiger partial charge in [-0.15, -0.1) is 24.0 Å². The van der Waals surface area contributed by atoms with Gasteiger partial charge >= 0.3 is 0 Å². The van der Waals surface area contributed by atoms with Crippen LogP contribution >= 0.6 is 24.0 Å². The molecule has 1 atom stereocenters. The van der Waals surface area contributed by atoms with Crippen LogP contribution in [0.25, 0.3) is 0 Å². The van der Waals surface area contributed by atoms with Gasteiger partial charge < -0.3 is 15.1 Å². The average Bonchev–Trinajstić information content (AvgIpc) is 3.26. The molecule has 1 aromatic rings. The summed E-state index contributed by atoms with van der Waals surface area (Å²) in [5, 5.41) is 3.31. The molecule has 0 spiro atoms. The molecule has 31 heavy (non-hydrogen) atoms. The van der Waals surface area contributed by atoms with Crippen LogP contribution < -0.4 is 5.32 Å². The third-order valence-electron chi connectivity index (χ3n) is 5.86. The molecule has 1 amide bonds. The molecule has 0 radical (unpaired) electrons. The van der Waals surface area contributed by atoms with E-state index in [0.717, 1.165) is 70.7 Å². The normalized spacial score (nSPS) is 18.6. The van der Waals surface area contributed by atoms with Gasteiger partial charge in [0.2, 0.25) is 5.91 Å². The Kier molecular flexibility index (Phi) is 10.4. The Morgan fingerprint density at radius 3 is 2.23 bits per heavy atom. The van der Waals surface area contributed by atoms with Gasteiger partial charge in [0.05, 0.1) is 6.04 Å². The molecule has 174 valence electrons. The molecule has 9 heteroatoms. The van der Waals surface area contributed by atoms with E-state index in [2.05, 4.69) is 20.1 Å². The van der Waals surface area contributed by atoms with Crippen LogP contribution in [-0.4, -0.2) is 85.0 Å². The predicted octanol–water partition coefficient (Wildman–Crippen LogP) is 2.72. The molecule has 0 bridgehead atoms. The second-order valence-electron chi connectivity index (χ2n) is 7.99. The Morgan fingerprint density at radius 2 is 1.65 bits per heavy atom. The van der Waals surface area contributed by atoms with Crippen molar-refractivity contribution in [2.24, 2.45) is 4.99 Å². The Bertz CT molecular complexity index is 729. The first-order valence-corrected chi connectivity index (χ1v) is 11.0. The van der Waals surface area contributed by atoms with E-state index in [9.17, 15) is 13.6 Å². The zero-order valence-corrected chi connectivity index (χ0v) is 20.8. The van der Waals surface area contributed by atoms with Crippen LogP contribution in [0, 0.1) is 11.6 Å². The molecule has 0 aromatic heterocycles. The smallest absolute Gasteiger partial charge is 0.239 e. The molecular formula is C22H34F2IN5O. The zero-order chi connectivity index (χ0) is 21.5. The number of halogens is 3. The minimum absolute atomic E-state index is 0. The van der Waals surface area contributed by atoms with Crippen molar-refractivity contribution >= 4 is 35.8 Å². The van der Waals surface area contributed by atoms with Crippen molar-refractivity contribution in [2.45, 2.75) is 39.2 Å². The Hall–Kier alpha value is -1.49. The fourth-order valence-corrected chi connectivity index (χ4v) is 4.15. The first-order valence-electron chi connectivity index (χ1n) is 11.0. The molecule has 6 nitrogen and oxygen atoms in total. The summed E-state index contributed by atoms with van der Waals surface area (Å²) in [5.74, 6) is -0.0689. The molecule has 2 saturated heterocycles. The van der Waals surface area contributed by atoms with Gasteiger partial charge in [0.15, 0.2) is 5.96 Å². The van der Waals surface area contributed by atoms with Crippen molar-refractivity contribution in [3.63, 3.8) is 0 Å². The number of amides is 1. The highest BCUT2D eigenvalue weighted by Gasteiger charge is 2.30. The highest BCUT2D eigenvalue weighted by Crippen LogP contribution is 2.14. The standard InChI is InChI=1S/C22H33F2N5O.HI/c1-3-25-22(26-7-6-18-14-19(23)16-20(24)15-18)29-12-10-27(11-13-29)17(2)21(30)28-8-4-5-9-28;/h14-17H,3-13H2,1-2H3,(H,25,26);1H. The summed E-state index contributed by atoms with van der Waals surface area (Å²) in [6.07, 6.45) is 2.69. The SMILES string of the molecule is CCNC(=NCCc1cc(F)cc(F)c1)N1CCN(C(C)C(=O)N2CCCC2)CC1.I. The number of nitrogens with zero attached hydrogens (tertiary/aromatic N) is 4. The second-order valence-corrected chi connectivity index (χ2v) is 7.99. The Morgan fingerprint density at radius 1 is 1.03 bits per heavy atom. The lowest BCUT2D eigenvalue weighted by Gasteiger charge is -2.39. The van der Waals surface area contributed by atoms with Crippen LogP contribution in [0.15, 0.2) is 23.2 Å². The monoisotopic (exact) mass is 549 g/mol. The van der Waals surface area contributed by atoms with Crippen LogP contribution in [-0.2, 0) is 11.2 Å². The molecule has 0 aliphatic carbocycles. The van der Waals surface area contributed by atoms with Gasteiger partial charge in [-0.3, -0.25) is 14.7 Å². The summed E-state index contributed by atoms with van der Waals surface area (Å²) in [6, 6.07) is 3.49. The minimum Gasteiger partial charge on any atom is -0.357 e. The third kappa shape index (κ3) is 7.27. The Balaban J connectivity index is 0.00000341. The molecule has 2 heterocycles. The molecule has 2 aliphatic heterocycles. The topological polar surface area (TPSA) is 51.2 Å². The number of piperazine rings is 1. The summed E-state index contributed by atoms with van der Waals surface area (Å²) < 4.78 is 26.7. The Labute approximate surface area is 201 Å². The van der Waals surface area contributed by atoms with Crippen molar-refractivity contribution in [1.29, 1.82) is 0 Å². The van der Waals surface area contributed by atoms with Crippen molar-refractivity contribution < 1.29 is 13.6 Å². The van der Waals surface area contributed by atoms with E-state index in [0.29, 0.717) is 18.5 Å². The van der Waals surface area contributed by atoms with Crippen LogP contribution in [0.4, 0.5) is 8.78 Å². The van der Waals surface area contributed by atoms with Gasteiger partial charge in [-0.25, -0.2) is 8.78 Å². The van der Waals surface area contributed by atoms with E-state index in [4.69, 9.17) is 0 Å². The number of aliphatic imine (C=N–C) groups is 1. The van der Waals surface area contributed by atoms with E-state index in [1.54, 1.807) is 0 Å². The summed E-state index contributed by atoms with van der Waals surface area (Å²) in [5.41, 5.74) is 0.603. The van der Waals surface area contributed by atoms with Crippen LogP contribution in [0.1, 0.15) is 32.3 Å². The maximum absolute atomic E-state index is 13.4. The van der Waals surface area contributed by atoms with Crippen molar-refractivity contribution in [3.05, 3.63) is 35.4 Å². The average molecular weight is 549 g/mol. The number of benzene rings is 1. The molecule has 2 fully saturated rings. The largest absolute Gasteiger partial charge is 0.357 e. The van der Waals surface area contributed by atoms with E-state index in [1.807, 2.05) is 18.7 Å². The van der Waals surface area contributed by atoms with Crippen LogP contribution in [0.5, 0.6) is 0 Å². The van der Waals surface area contributed by atoms with Crippen LogP contribution in [0.3, 0.4) is 0 Å². The molecule has 1 aromatic carbocycles. The first kappa shape index (κ1) is 25.8. The van der Waals surface area contributed by atoms with Gasteiger partial charge in [-0.2, -0.15) is 0 Å². The molecule has 3 rings (SSSR count). The highest BCUT2D eigenvalue weighted by atomic mass is 127. The number of nitrogens with one attached hydrogen (secondary N) is 1. The molecular weight excluding hydrogens is 515 g/mol. The number of carbonyl (C=O) groups excluding carboxylic acids is 1. The van der Waals surface area contributed by atoms with Gasteiger partial charge in [0.25, 0.3) is 0 Å². The first-order chi connectivity index (χ1) is 14.5. The summed E-state index contributed by atoms with van der Waals surface area (Å²) in [7, 11) is 0. The molecule has 1 unspecified atom stereocenters. The summed E-state index contributed by atoms with van der Waals surface area (Å²) in [4.78, 5) is 23.7. The van der Waals surface area contributed by atoms with E-state index >= 15 is 0 Å². The number of likely N-dealkylation sites (tertiary alicyclic amines) is 1. The summed E-state index contributed by atoms with van der Waals surface area (Å²) >= 11 is 0. The lowest BCUT2D eigenvalue weighted by molar-refractivity contribution is -0.135. The second kappa shape index (κ2) is 12.5. The minimum atomic E-state index is -0.561. The predicted molar refractivity (Wildman–Crippen MR) is 130 cm³/mol. The van der Waals surface area contributed by atoms with Gasteiger partial charge in [0, 0.05) is 58.4 Å². The number of hydrogen-bond donors (Lipinski definition) is 1. The summed E-state index contributed by atoms with van der Waals surface area (Å²) in [6.45, 7) is 10.2. The van der Waals surface area contributed by atoms with Gasteiger partial charge in [-0.1, -0.05) is 0 Å². The molecule has 0 saturated carbocycles. The highest BCUT2D eigenvalue weighted by molar-refractivity contribution is 14.0. The quantitative estimate of drug-likeness (QED) is 0.337. The van der Waals surface area contributed by atoms with Gasteiger partial charge in [0.1, 0.15) is 11.6 Å². The lowest BCUT2D eigenvalue weighted by Crippen LogP contribution is -2.57.